The van der Waals surface area contributed by atoms with Crippen molar-refractivity contribution in [3.05, 3.63) is 53.9 Å². The highest BCUT2D eigenvalue weighted by Crippen LogP contribution is 2.34. The van der Waals surface area contributed by atoms with Crippen LogP contribution in [-0.4, -0.2) is 72.5 Å². The second-order valence-corrected chi connectivity index (χ2v) is 10.4. The number of carbonyl (C=O) groups is 1. The van der Waals surface area contributed by atoms with Gasteiger partial charge in [-0.1, -0.05) is 25.7 Å². The van der Waals surface area contributed by atoms with Gasteiger partial charge in [-0.05, 0) is 37.3 Å². The van der Waals surface area contributed by atoms with Crippen molar-refractivity contribution in [1.29, 1.82) is 0 Å². The number of nitrogens with zero attached hydrogens (tertiary/aromatic N) is 3. The normalized spacial score (nSPS) is 20.5. The Hall–Kier alpha value is -2.93. The Morgan fingerprint density at radius 3 is 2.59 bits per heavy atom. The number of fused-ring (bicyclic) bond motifs is 1. The Bertz CT molecular complexity index is 1170. The summed E-state index contributed by atoms with van der Waals surface area (Å²) in [5, 5.41) is 9.74. The van der Waals surface area contributed by atoms with Gasteiger partial charge in [0.05, 0.1) is 13.2 Å². The molecule has 0 spiro atoms. The molecule has 2 heterocycles. The Labute approximate surface area is 201 Å². The predicted molar refractivity (Wildman–Crippen MR) is 129 cm³/mol. The molecule has 0 saturated carbocycles. The van der Waals surface area contributed by atoms with Crippen LogP contribution in [0.5, 0.6) is 5.75 Å². The molecule has 182 valence electrons. The third-order valence-corrected chi connectivity index (χ3v) is 7.90. The average molecular weight is 486 g/mol. The SMILES string of the molecule is CCC(=O)N(C)C[C@@H]1Oc2cc(C#Cc3ccncc3)ccc2S(=O)(=O)N([C@H](C)CO)C[C@H]1C. The minimum absolute atomic E-state index is 0.0173. The van der Waals surface area contributed by atoms with Crippen LogP contribution in [0.1, 0.15) is 38.3 Å². The largest absolute Gasteiger partial charge is 0.487 e. The zero-order valence-corrected chi connectivity index (χ0v) is 20.7. The summed E-state index contributed by atoms with van der Waals surface area (Å²) in [6, 6.07) is 7.71. The molecule has 9 heteroatoms. The molecular weight excluding hydrogens is 454 g/mol. The Balaban J connectivity index is 2.06. The summed E-state index contributed by atoms with van der Waals surface area (Å²) in [6.07, 6.45) is 3.21. The first-order valence-corrected chi connectivity index (χ1v) is 12.7. The summed E-state index contributed by atoms with van der Waals surface area (Å²) in [4.78, 5) is 17.8. The first kappa shape index (κ1) is 25.7. The Kier molecular flexibility index (Phi) is 8.31. The zero-order valence-electron chi connectivity index (χ0n) is 19.9. The van der Waals surface area contributed by atoms with Crippen LogP contribution in [0.2, 0.25) is 0 Å². The first-order chi connectivity index (χ1) is 16.2. The molecule has 3 rings (SSSR count). The molecule has 1 aromatic heterocycles. The number of amides is 1. The molecule has 1 aliphatic heterocycles. The van der Waals surface area contributed by atoms with E-state index in [1.165, 1.54) is 10.4 Å². The van der Waals surface area contributed by atoms with Crippen molar-refractivity contribution in [2.45, 2.75) is 44.2 Å². The van der Waals surface area contributed by atoms with Crippen molar-refractivity contribution >= 4 is 15.9 Å². The van der Waals surface area contributed by atoms with E-state index in [1.54, 1.807) is 62.5 Å². The number of likely N-dealkylation sites (N-methyl/N-ethyl adjacent to an activating group) is 1. The number of aliphatic hydroxyl groups excluding tert-OH is 1. The van der Waals surface area contributed by atoms with Gasteiger partial charge in [-0.3, -0.25) is 9.78 Å². The summed E-state index contributed by atoms with van der Waals surface area (Å²) in [5.41, 5.74) is 1.38. The Morgan fingerprint density at radius 2 is 1.94 bits per heavy atom. The molecule has 1 N–H and O–H groups in total. The average Bonchev–Trinajstić information content (AvgIpc) is 2.84. The topological polar surface area (TPSA) is 100 Å². The molecule has 1 aliphatic rings. The fourth-order valence-electron chi connectivity index (χ4n) is 3.74. The molecule has 1 amide bonds. The van der Waals surface area contributed by atoms with Crippen LogP contribution < -0.4 is 4.74 Å². The van der Waals surface area contributed by atoms with Gasteiger partial charge in [0.2, 0.25) is 15.9 Å². The zero-order chi connectivity index (χ0) is 24.9. The first-order valence-electron chi connectivity index (χ1n) is 11.3. The van der Waals surface area contributed by atoms with Gasteiger partial charge in [0, 0.05) is 55.5 Å². The second-order valence-electron chi connectivity index (χ2n) is 8.52. The number of hydrogen-bond acceptors (Lipinski definition) is 6. The second kappa shape index (κ2) is 11.0. The van der Waals surface area contributed by atoms with E-state index >= 15 is 0 Å². The van der Waals surface area contributed by atoms with E-state index in [0.29, 0.717) is 18.5 Å². The van der Waals surface area contributed by atoms with Crippen molar-refractivity contribution in [3.8, 4) is 17.6 Å². The van der Waals surface area contributed by atoms with E-state index in [1.807, 2.05) is 6.92 Å². The lowest BCUT2D eigenvalue weighted by molar-refractivity contribution is -0.131. The van der Waals surface area contributed by atoms with Crippen molar-refractivity contribution in [1.82, 2.24) is 14.2 Å². The third kappa shape index (κ3) is 5.76. The van der Waals surface area contributed by atoms with Crippen LogP contribution in [0.3, 0.4) is 0 Å². The van der Waals surface area contributed by atoms with Crippen LogP contribution in [0.25, 0.3) is 0 Å². The van der Waals surface area contributed by atoms with Crippen LogP contribution in [0.4, 0.5) is 0 Å². The lowest BCUT2D eigenvalue weighted by Crippen LogP contribution is -2.50. The maximum atomic E-state index is 13.5. The van der Waals surface area contributed by atoms with Crippen molar-refractivity contribution in [2.24, 2.45) is 5.92 Å². The van der Waals surface area contributed by atoms with Gasteiger partial charge in [0.15, 0.2) is 0 Å². The van der Waals surface area contributed by atoms with Gasteiger partial charge in [-0.2, -0.15) is 4.31 Å². The summed E-state index contributed by atoms with van der Waals surface area (Å²) in [7, 11) is -2.22. The standard InChI is InChI=1S/C25H31N3O5S/c1-5-25(30)27(4)16-23-18(2)15-28(19(3)17-29)34(31,32)24-9-8-21(14-22(24)33-23)7-6-20-10-12-26-13-11-20/h8-14,18-19,23,29H,5,15-17H2,1-4H3/t18-,19-,23+/m1/s1. The molecule has 2 aromatic rings. The number of aromatic nitrogens is 1. The number of pyridine rings is 1. The van der Waals surface area contributed by atoms with Gasteiger partial charge in [0.1, 0.15) is 16.7 Å². The number of hydrogen-bond donors (Lipinski definition) is 1. The Morgan fingerprint density at radius 1 is 1.26 bits per heavy atom. The fraction of sp³-hybridized carbons (Fsp3) is 0.440. The minimum Gasteiger partial charge on any atom is -0.487 e. The highest BCUT2D eigenvalue weighted by Gasteiger charge is 2.38. The number of rotatable bonds is 5. The molecule has 0 aliphatic carbocycles. The number of sulfonamides is 1. The molecular formula is C25H31N3O5S. The van der Waals surface area contributed by atoms with Crippen LogP contribution in [0, 0.1) is 17.8 Å². The molecule has 3 atom stereocenters. The number of ether oxygens (including phenoxy) is 1. The van der Waals surface area contributed by atoms with E-state index < -0.39 is 22.2 Å². The molecule has 0 bridgehead atoms. The number of aliphatic hydroxyl groups is 1. The fourth-order valence-corrected chi connectivity index (χ4v) is 5.57. The molecule has 0 saturated heterocycles. The highest BCUT2D eigenvalue weighted by atomic mass is 32.2. The van der Waals surface area contributed by atoms with E-state index in [9.17, 15) is 18.3 Å². The summed E-state index contributed by atoms with van der Waals surface area (Å²) in [5.74, 6) is 6.00. The van der Waals surface area contributed by atoms with Gasteiger partial charge >= 0.3 is 0 Å². The maximum Gasteiger partial charge on any atom is 0.247 e. The predicted octanol–water partition coefficient (Wildman–Crippen LogP) is 2.12. The minimum atomic E-state index is -3.93. The molecule has 0 radical (unpaired) electrons. The van der Waals surface area contributed by atoms with Gasteiger partial charge < -0.3 is 14.7 Å². The molecule has 1 aromatic carbocycles. The smallest absolute Gasteiger partial charge is 0.247 e. The highest BCUT2D eigenvalue weighted by molar-refractivity contribution is 7.89. The maximum absolute atomic E-state index is 13.5. The van der Waals surface area contributed by atoms with Crippen molar-refractivity contribution < 1.29 is 23.1 Å². The summed E-state index contributed by atoms with van der Waals surface area (Å²) in [6.45, 7) is 5.51. The van der Waals surface area contributed by atoms with Gasteiger partial charge in [0.25, 0.3) is 0 Å². The lowest BCUT2D eigenvalue weighted by Gasteiger charge is -2.37. The number of carbonyl (C=O) groups excluding carboxylic acids is 1. The van der Waals surface area contributed by atoms with Crippen LogP contribution in [0.15, 0.2) is 47.6 Å². The van der Waals surface area contributed by atoms with Crippen molar-refractivity contribution in [2.75, 3.05) is 26.7 Å². The lowest BCUT2D eigenvalue weighted by atomic mass is 10.0. The number of benzene rings is 1. The molecule has 34 heavy (non-hydrogen) atoms. The molecule has 8 nitrogen and oxygen atoms in total. The van der Waals surface area contributed by atoms with E-state index in [0.717, 1.165) is 5.56 Å². The molecule has 0 fully saturated rings. The van der Waals surface area contributed by atoms with E-state index in [-0.39, 0.29) is 35.6 Å². The van der Waals surface area contributed by atoms with E-state index in [2.05, 4.69) is 16.8 Å². The van der Waals surface area contributed by atoms with E-state index in [4.69, 9.17) is 4.74 Å². The van der Waals surface area contributed by atoms with Crippen LogP contribution >= 0.6 is 0 Å². The summed E-state index contributed by atoms with van der Waals surface area (Å²) >= 11 is 0. The third-order valence-electron chi connectivity index (χ3n) is 5.88. The van der Waals surface area contributed by atoms with Gasteiger partial charge in [-0.15, -0.1) is 0 Å². The van der Waals surface area contributed by atoms with Crippen LogP contribution in [-0.2, 0) is 14.8 Å². The quantitative estimate of drug-likeness (QED) is 0.652. The summed E-state index contributed by atoms with van der Waals surface area (Å²) < 4.78 is 34.6. The monoisotopic (exact) mass is 485 g/mol. The van der Waals surface area contributed by atoms with Gasteiger partial charge in [-0.25, -0.2) is 8.42 Å². The van der Waals surface area contributed by atoms with Crippen molar-refractivity contribution in [3.63, 3.8) is 0 Å². The molecule has 0 unspecified atom stereocenters.